The number of hydrogen-bond acceptors (Lipinski definition) is 5. The second kappa shape index (κ2) is 9.78. The third kappa shape index (κ3) is 5.06. The number of aromatic hydroxyl groups is 1. The second-order valence-electron chi connectivity index (χ2n) is 8.23. The number of phenolic OH excluding ortho intramolecular Hbond substituents is 1. The van der Waals surface area contributed by atoms with Crippen LogP contribution in [0.4, 0.5) is 0 Å². The van der Waals surface area contributed by atoms with Crippen molar-refractivity contribution in [1.82, 2.24) is 15.2 Å². The van der Waals surface area contributed by atoms with Crippen molar-refractivity contribution in [3.8, 4) is 5.75 Å². The van der Waals surface area contributed by atoms with Crippen LogP contribution in [-0.2, 0) is 6.54 Å². The largest absolute Gasteiger partial charge is 0.508 e. The van der Waals surface area contributed by atoms with Crippen LogP contribution >= 0.6 is 0 Å². The number of pyridine rings is 1. The Morgan fingerprint density at radius 1 is 1.25 bits per heavy atom. The molecule has 1 saturated heterocycles. The van der Waals surface area contributed by atoms with E-state index >= 15 is 0 Å². The standard InChI is InChI=1S/C25H28N4O3/c1-17-19(16-29-11-4-5-12-29)13-24(32-17)25(31)28-22(20-8-2-3-9-23(20)30)14-21(26)18-7-6-10-27-15-18/h2-3,6-10,13,15,22,26,30H,4-5,11-12,14,16H2,1H3,(H,28,31)/p+1. The summed E-state index contributed by atoms with van der Waals surface area (Å²) >= 11 is 0. The predicted molar refractivity (Wildman–Crippen MR) is 121 cm³/mol. The van der Waals surface area contributed by atoms with Gasteiger partial charge in [0, 0.05) is 30.1 Å². The summed E-state index contributed by atoms with van der Waals surface area (Å²) in [5.41, 5.74) is 2.96. The van der Waals surface area contributed by atoms with Crippen LogP contribution in [0, 0.1) is 6.92 Å². The molecular weight excluding hydrogens is 404 g/mol. The molecule has 1 aliphatic heterocycles. The molecule has 4 rings (SSSR count). The number of nitrogens with one attached hydrogen (secondary N) is 1. The van der Waals surface area contributed by atoms with Crippen molar-refractivity contribution in [1.29, 1.82) is 0 Å². The summed E-state index contributed by atoms with van der Waals surface area (Å²) in [7, 11) is 0. The minimum atomic E-state index is -0.531. The number of rotatable bonds is 8. The Hall–Kier alpha value is -3.45. The summed E-state index contributed by atoms with van der Waals surface area (Å²) in [4.78, 5) is 19.6. The molecule has 3 aromatic rings. The topological polar surface area (TPSA) is 104 Å². The van der Waals surface area contributed by atoms with E-state index in [9.17, 15) is 9.90 Å². The maximum atomic E-state index is 13.1. The minimum absolute atomic E-state index is 0.0992. The van der Waals surface area contributed by atoms with Crippen molar-refractivity contribution in [3.05, 3.63) is 83.1 Å². The summed E-state index contributed by atoms with van der Waals surface area (Å²) in [6, 6.07) is 11.9. The van der Waals surface area contributed by atoms with Crippen LogP contribution in [0.2, 0.25) is 0 Å². The highest BCUT2D eigenvalue weighted by atomic mass is 16.3. The molecule has 1 unspecified atom stereocenters. The van der Waals surface area contributed by atoms with Crippen molar-refractivity contribution in [3.63, 3.8) is 0 Å². The number of nitrogens with zero attached hydrogens (tertiary/aromatic N) is 2. The molecule has 1 aromatic carbocycles. The number of carbonyl (C=O) groups excluding carboxylic acids is 1. The molecule has 0 saturated carbocycles. The minimum Gasteiger partial charge on any atom is -0.508 e. The van der Waals surface area contributed by atoms with Crippen LogP contribution in [-0.4, -0.2) is 39.7 Å². The molecule has 1 amide bonds. The van der Waals surface area contributed by atoms with E-state index in [0.29, 0.717) is 17.7 Å². The van der Waals surface area contributed by atoms with Crippen molar-refractivity contribution in [2.45, 2.75) is 38.8 Å². The van der Waals surface area contributed by atoms with Gasteiger partial charge >= 0.3 is 0 Å². The Bertz CT molecular complexity index is 1090. The third-order valence-electron chi connectivity index (χ3n) is 5.91. The lowest BCUT2D eigenvalue weighted by Crippen LogP contribution is -2.43. The van der Waals surface area contributed by atoms with Crippen LogP contribution in [0.3, 0.4) is 0 Å². The zero-order chi connectivity index (χ0) is 22.5. The van der Waals surface area contributed by atoms with Crippen LogP contribution < -0.4 is 10.7 Å². The van der Waals surface area contributed by atoms with E-state index < -0.39 is 6.04 Å². The monoisotopic (exact) mass is 433 g/mol. The van der Waals surface area contributed by atoms with Gasteiger partial charge in [0.05, 0.1) is 18.0 Å². The van der Waals surface area contributed by atoms with Gasteiger partial charge in [-0.05, 0) is 57.1 Å². The van der Waals surface area contributed by atoms with E-state index in [0.717, 1.165) is 36.5 Å². The number of phenols is 1. The first-order chi connectivity index (χ1) is 15.5. The molecule has 32 heavy (non-hydrogen) atoms. The highest BCUT2D eigenvalue weighted by Gasteiger charge is 2.25. The normalized spacial score (nSPS) is 14.9. The summed E-state index contributed by atoms with van der Waals surface area (Å²) in [5, 5.41) is 19.7. The van der Waals surface area contributed by atoms with Gasteiger partial charge < -0.3 is 14.8 Å². The Balaban J connectivity index is 1.53. The summed E-state index contributed by atoms with van der Waals surface area (Å²) in [5.74, 6) is 0.773. The SMILES string of the molecule is Cc1oc(C(=O)NC(CC(=[NH2+])c2cccnc2)c2ccccc2O)cc1CN1CCCC1. The Morgan fingerprint density at radius 3 is 2.75 bits per heavy atom. The second-order valence-corrected chi connectivity index (χ2v) is 8.23. The fraction of sp³-hybridized carbons (Fsp3) is 0.320. The molecule has 1 aliphatic rings. The van der Waals surface area contributed by atoms with Crippen LogP contribution in [0.15, 0.2) is 59.3 Å². The quantitative estimate of drug-likeness (QED) is 0.473. The number of likely N-dealkylation sites (tertiary alicyclic amines) is 1. The van der Waals surface area contributed by atoms with Crippen LogP contribution in [0.1, 0.15) is 58.3 Å². The lowest BCUT2D eigenvalue weighted by Gasteiger charge is -2.18. The molecule has 3 heterocycles. The molecule has 166 valence electrons. The molecule has 1 fully saturated rings. The zero-order valence-corrected chi connectivity index (χ0v) is 18.3. The third-order valence-corrected chi connectivity index (χ3v) is 5.91. The van der Waals surface area contributed by atoms with Gasteiger partial charge in [-0.25, -0.2) is 0 Å². The van der Waals surface area contributed by atoms with Gasteiger partial charge in [0.25, 0.3) is 5.91 Å². The number of para-hydroxylation sites is 1. The number of furan rings is 1. The van der Waals surface area contributed by atoms with E-state index in [-0.39, 0.29) is 17.4 Å². The van der Waals surface area contributed by atoms with Crippen molar-refractivity contribution >= 4 is 11.6 Å². The van der Waals surface area contributed by atoms with Gasteiger partial charge in [-0.15, -0.1) is 0 Å². The number of aromatic nitrogens is 1. The number of aryl methyl sites for hydroxylation is 1. The first kappa shape index (κ1) is 21.8. The Morgan fingerprint density at radius 2 is 2.03 bits per heavy atom. The lowest BCUT2D eigenvalue weighted by molar-refractivity contribution is -0.115. The van der Waals surface area contributed by atoms with E-state index in [4.69, 9.17) is 9.83 Å². The number of amides is 1. The number of carbonyl (C=O) groups is 1. The number of benzene rings is 1. The van der Waals surface area contributed by atoms with E-state index in [1.54, 1.807) is 30.6 Å². The van der Waals surface area contributed by atoms with Gasteiger partial charge in [0.15, 0.2) is 11.5 Å². The van der Waals surface area contributed by atoms with Gasteiger partial charge in [-0.2, -0.15) is 0 Å². The van der Waals surface area contributed by atoms with Crippen molar-refractivity contribution in [2.24, 2.45) is 0 Å². The fourth-order valence-corrected chi connectivity index (χ4v) is 4.11. The average Bonchev–Trinajstić information content (AvgIpc) is 3.44. The van der Waals surface area contributed by atoms with E-state index in [2.05, 4.69) is 15.2 Å². The van der Waals surface area contributed by atoms with E-state index in [1.165, 1.54) is 12.8 Å². The number of hydrogen-bond donors (Lipinski definition) is 3. The molecule has 0 bridgehead atoms. The van der Waals surface area contributed by atoms with Crippen molar-refractivity contribution in [2.75, 3.05) is 13.1 Å². The maximum Gasteiger partial charge on any atom is 0.287 e. The Kier molecular flexibility index (Phi) is 6.66. The van der Waals surface area contributed by atoms with Gasteiger partial charge in [-0.3, -0.25) is 20.1 Å². The summed E-state index contributed by atoms with van der Waals surface area (Å²) in [6.07, 6.45) is 6.09. The smallest absolute Gasteiger partial charge is 0.287 e. The number of nitrogens with two attached hydrogens (primary N) is 1. The maximum absolute atomic E-state index is 13.1. The zero-order valence-electron chi connectivity index (χ0n) is 18.3. The van der Waals surface area contributed by atoms with Crippen LogP contribution in [0.25, 0.3) is 0 Å². The predicted octanol–water partition coefficient (Wildman–Crippen LogP) is 2.39. The molecule has 0 aliphatic carbocycles. The van der Waals surface area contributed by atoms with E-state index in [1.807, 2.05) is 31.2 Å². The molecule has 2 aromatic heterocycles. The van der Waals surface area contributed by atoms with Crippen molar-refractivity contribution < 1.29 is 19.7 Å². The Labute approximate surface area is 187 Å². The molecule has 4 N–H and O–H groups in total. The first-order valence-corrected chi connectivity index (χ1v) is 10.9. The first-order valence-electron chi connectivity index (χ1n) is 10.9. The molecule has 0 spiro atoms. The summed E-state index contributed by atoms with van der Waals surface area (Å²) < 4.78 is 5.79. The van der Waals surface area contributed by atoms with Gasteiger partial charge in [0.1, 0.15) is 11.5 Å². The lowest BCUT2D eigenvalue weighted by atomic mass is 9.97. The molecule has 7 nitrogen and oxygen atoms in total. The van der Waals surface area contributed by atoms with Crippen LogP contribution in [0.5, 0.6) is 5.75 Å². The molecular formula is C25H29N4O3+. The molecule has 0 radical (unpaired) electrons. The average molecular weight is 434 g/mol. The highest BCUT2D eigenvalue weighted by molar-refractivity contribution is 5.97. The fourth-order valence-electron chi connectivity index (χ4n) is 4.11. The highest BCUT2D eigenvalue weighted by Crippen LogP contribution is 2.28. The molecule has 1 atom stereocenters. The van der Waals surface area contributed by atoms with Gasteiger partial charge in [-0.1, -0.05) is 18.2 Å². The van der Waals surface area contributed by atoms with Gasteiger partial charge in [0.2, 0.25) is 0 Å². The molecule has 7 heteroatoms. The summed E-state index contributed by atoms with van der Waals surface area (Å²) in [6.45, 7) is 4.82.